The Balaban J connectivity index is 1.86. The van der Waals surface area contributed by atoms with E-state index in [9.17, 15) is 14.4 Å². The zero-order chi connectivity index (χ0) is 20.8. The fourth-order valence-corrected chi connectivity index (χ4v) is 2.69. The molecule has 29 heavy (non-hydrogen) atoms. The van der Waals surface area contributed by atoms with Gasteiger partial charge in [0.1, 0.15) is 11.8 Å². The highest BCUT2D eigenvalue weighted by molar-refractivity contribution is 6.45. The van der Waals surface area contributed by atoms with E-state index in [1.807, 2.05) is 0 Å². The van der Waals surface area contributed by atoms with Crippen molar-refractivity contribution in [2.75, 3.05) is 0 Å². The number of nitrogens with zero attached hydrogens (tertiary/aromatic N) is 2. The Morgan fingerprint density at radius 3 is 2.83 bits per heavy atom. The number of aromatic nitrogens is 2. The van der Waals surface area contributed by atoms with Crippen LogP contribution in [0.2, 0.25) is 0 Å². The quantitative estimate of drug-likeness (QED) is 0.320. The molecule has 3 aromatic rings. The van der Waals surface area contributed by atoms with E-state index in [2.05, 4.69) is 20.3 Å². The molecule has 0 fully saturated rings. The first-order chi connectivity index (χ1) is 14.0. The minimum absolute atomic E-state index is 0.00156. The first kappa shape index (κ1) is 19.5. The number of pyridine rings is 1. The molecule has 1 atom stereocenters. The molecule has 0 radical (unpaired) electrons. The maximum atomic E-state index is 12.7. The highest BCUT2D eigenvalue weighted by Gasteiger charge is 2.28. The first-order valence-electron chi connectivity index (χ1n) is 8.55. The molecule has 3 aromatic heterocycles. The number of fused-ring (bicyclic) bond motifs is 1. The van der Waals surface area contributed by atoms with Crippen LogP contribution >= 0.6 is 0 Å². The van der Waals surface area contributed by atoms with Crippen LogP contribution < -0.4 is 16.8 Å². The molecule has 0 saturated heterocycles. The molecular formula is C19H18N6O4. The van der Waals surface area contributed by atoms with Crippen molar-refractivity contribution in [1.29, 1.82) is 0 Å². The van der Waals surface area contributed by atoms with E-state index in [0.717, 1.165) is 11.6 Å². The van der Waals surface area contributed by atoms with Crippen molar-refractivity contribution in [3.05, 3.63) is 60.8 Å². The number of aromatic amines is 1. The van der Waals surface area contributed by atoms with E-state index in [1.54, 1.807) is 30.5 Å². The van der Waals surface area contributed by atoms with Crippen LogP contribution in [0.15, 0.2) is 64.6 Å². The summed E-state index contributed by atoms with van der Waals surface area (Å²) in [5.41, 5.74) is 11.6. The maximum Gasteiger partial charge on any atom is 0.287 e. The number of furan rings is 1. The molecule has 148 valence electrons. The van der Waals surface area contributed by atoms with Crippen molar-refractivity contribution < 1.29 is 18.8 Å². The molecule has 0 aromatic carbocycles. The number of aliphatic imine (C=N–C) groups is 1. The second-order valence-corrected chi connectivity index (χ2v) is 5.98. The van der Waals surface area contributed by atoms with E-state index in [0.29, 0.717) is 11.3 Å². The van der Waals surface area contributed by atoms with Crippen molar-refractivity contribution >= 4 is 40.2 Å². The van der Waals surface area contributed by atoms with Crippen molar-refractivity contribution in [3.8, 4) is 0 Å². The van der Waals surface area contributed by atoms with E-state index in [-0.39, 0.29) is 18.0 Å². The lowest BCUT2D eigenvalue weighted by molar-refractivity contribution is -0.137. The number of nitrogens with two attached hydrogens (primary N) is 2. The number of carbonyl (C=O) groups is 3. The van der Waals surface area contributed by atoms with Gasteiger partial charge in [0.05, 0.1) is 6.26 Å². The topological polar surface area (TPSA) is 169 Å². The summed E-state index contributed by atoms with van der Waals surface area (Å²) < 4.78 is 5.34. The first-order valence-corrected chi connectivity index (χ1v) is 8.55. The van der Waals surface area contributed by atoms with Gasteiger partial charge < -0.3 is 26.2 Å². The van der Waals surface area contributed by atoms with Gasteiger partial charge in [-0.1, -0.05) is 6.07 Å². The third-order valence-corrected chi connectivity index (χ3v) is 4.03. The van der Waals surface area contributed by atoms with E-state index < -0.39 is 23.6 Å². The lowest BCUT2D eigenvalue weighted by atomic mass is 10.0. The normalized spacial score (nSPS) is 12.9. The van der Waals surface area contributed by atoms with Gasteiger partial charge in [-0.15, -0.1) is 0 Å². The second kappa shape index (κ2) is 8.65. The van der Waals surface area contributed by atoms with Gasteiger partial charge in [0, 0.05) is 29.8 Å². The summed E-state index contributed by atoms with van der Waals surface area (Å²) in [4.78, 5) is 47.5. The van der Waals surface area contributed by atoms with Crippen LogP contribution in [0.3, 0.4) is 0 Å². The molecule has 3 heterocycles. The van der Waals surface area contributed by atoms with Crippen LogP contribution in [0.5, 0.6) is 0 Å². The van der Waals surface area contributed by atoms with Crippen LogP contribution in [0.4, 0.5) is 5.82 Å². The fraction of sp³-hybridized carbons (Fsp3) is 0.105. The molecule has 6 N–H and O–H groups in total. The number of hydrogen-bond donors (Lipinski definition) is 4. The lowest BCUT2D eigenvalue weighted by Crippen LogP contribution is -2.49. The summed E-state index contributed by atoms with van der Waals surface area (Å²) in [6.07, 6.45) is 7.02. The average Bonchev–Trinajstić information content (AvgIpc) is 3.32. The Morgan fingerprint density at radius 2 is 2.14 bits per heavy atom. The van der Waals surface area contributed by atoms with Gasteiger partial charge in [0.2, 0.25) is 11.5 Å². The Labute approximate surface area is 164 Å². The van der Waals surface area contributed by atoms with Crippen molar-refractivity contribution in [2.45, 2.75) is 12.5 Å². The number of ketones is 1. The number of hydrogen-bond acceptors (Lipinski definition) is 7. The zero-order valence-electron chi connectivity index (χ0n) is 15.2. The minimum Gasteiger partial charge on any atom is -0.448 e. The molecule has 0 aliphatic heterocycles. The summed E-state index contributed by atoms with van der Waals surface area (Å²) >= 11 is 0. The molecule has 3 rings (SSSR count). The van der Waals surface area contributed by atoms with Gasteiger partial charge in [-0.05, 0) is 30.5 Å². The van der Waals surface area contributed by atoms with Crippen molar-refractivity contribution in [2.24, 2.45) is 16.5 Å². The Kier molecular flexibility index (Phi) is 5.83. The van der Waals surface area contributed by atoms with Crippen molar-refractivity contribution in [1.82, 2.24) is 15.3 Å². The Morgan fingerprint density at radius 1 is 1.31 bits per heavy atom. The number of H-pyrrole nitrogens is 1. The largest absolute Gasteiger partial charge is 0.448 e. The van der Waals surface area contributed by atoms with Gasteiger partial charge in [0.25, 0.3) is 11.8 Å². The predicted octanol–water partition coefficient (Wildman–Crippen LogP) is 0.483. The second-order valence-electron chi connectivity index (χ2n) is 5.98. The van der Waals surface area contributed by atoms with Crippen LogP contribution in [-0.4, -0.2) is 39.3 Å². The van der Waals surface area contributed by atoms with E-state index in [4.69, 9.17) is 15.9 Å². The van der Waals surface area contributed by atoms with E-state index in [1.165, 1.54) is 18.5 Å². The number of amides is 2. The molecule has 10 nitrogen and oxygen atoms in total. The molecular weight excluding hydrogens is 376 g/mol. The number of primary amides is 1. The van der Waals surface area contributed by atoms with Crippen LogP contribution in [-0.2, 0) is 20.8 Å². The predicted molar refractivity (Wildman–Crippen MR) is 105 cm³/mol. The smallest absolute Gasteiger partial charge is 0.287 e. The highest BCUT2D eigenvalue weighted by atomic mass is 16.3. The third kappa shape index (κ3) is 4.56. The summed E-state index contributed by atoms with van der Waals surface area (Å²) in [5, 5.41) is 3.22. The molecule has 0 bridgehead atoms. The summed E-state index contributed by atoms with van der Waals surface area (Å²) in [6, 6.07) is 5.54. The zero-order valence-corrected chi connectivity index (χ0v) is 15.2. The molecule has 1 unspecified atom stereocenters. The van der Waals surface area contributed by atoms with Crippen molar-refractivity contribution in [3.63, 3.8) is 0 Å². The number of rotatable bonds is 8. The molecule has 0 aliphatic carbocycles. The van der Waals surface area contributed by atoms with Gasteiger partial charge >= 0.3 is 0 Å². The molecule has 2 amide bonds. The Hall–Kier alpha value is -4.21. The monoisotopic (exact) mass is 394 g/mol. The third-order valence-electron chi connectivity index (χ3n) is 4.03. The number of carbonyl (C=O) groups excluding carboxylic acids is 3. The molecule has 0 aliphatic rings. The maximum absolute atomic E-state index is 12.7. The van der Waals surface area contributed by atoms with Gasteiger partial charge in [-0.3, -0.25) is 14.4 Å². The van der Waals surface area contributed by atoms with E-state index >= 15 is 0 Å². The van der Waals surface area contributed by atoms with Gasteiger partial charge in [0.15, 0.2) is 5.82 Å². The fourth-order valence-electron chi connectivity index (χ4n) is 2.69. The lowest BCUT2D eigenvalue weighted by Gasteiger charge is -2.15. The van der Waals surface area contributed by atoms with Crippen LogP contribution in [0, 0.1) is 0 Å². The van der Waals surface area contributed by atoms with Crippen LogP contribution in [0.1, 0.15) is 5.56 Å². The summed E-state index contributed by atoms with van der Waals surface area (Å²) in [7, 11) is 0. The van der Waals surface area contributed by atoms with Gasteiger partial charge in [-0.2, -0.15) is 0 Å². The molecule has 0 saturated carbocycles. The Bertz CT molecular complexity index is 1100. The standard InChI is InChI=1S/C19H18N6O4/c20-6-4-13(24-15-3-1-2-7-22-15)18(28)25-14(16(26)17(21)27)9-11-10-29-19-12(11)5-8-23-19/h1-8,10,14,23H,9,20H2,(H2,21,27)(H,25,28)/b6-4-,24-13-. The summed E-state index contributed by atoms with van der Waals surface area (Å²) in [6.45, 7) is 0. The SMILES string of the molecule is N/C=C\C(=N\c1ccccn1)C(=O)NC(Cc1coc2[nH]ccc12)C(=O)C(N)=O. The van der Waals surface area contributed by atoms with Gasteiger partial charge in [-0.25, -0.2) is 9.98 Å². The highest BCUT2D eigenvalue weighted by Crippen LogP contribution is 2.21. The summed E-state index contributed by atoms with van der Waals surface area (Å²) in [5.74, 6) is -2.55. The van der Waals surface area contributed by atoms with Crippen LogP contribution in [0.25, 0.3) is 11.1 Å². The molecule has 0 spiro atoms. The minimum atomic E-state index is -1.21. The average molecular weight is 394 g/mol. The number of Topliss-reactive ketones (excluding diaryl/α,β-unsaturated/α-hetero) is 1. The molecule has 10 heteroatoms. The number of nitrogens with one attached hydrogen (secondary N) is 2.